The van der Waals surface area contributed by atoms with Gasteiger partial charge in [0, 0.05) is 18.0 Å². The monoisotopic (exact) mass is 372 g/mol. The molecule has 1 unspecified atom stereocenters. The summed E-state index contributed by atoms with van der Waals surface area (Å²) in [5.74, 6) is -0.576. The molecular formula is C20H25FN4O2. The van der Waals surface area contributed by atoms with Gasteiger partial charge in [0.15, 0.2) is 0 Å². The van der Waals surface area contributed by atoms with E-state index in [1.165, 1.54) is 21.7 Å². The third kappa shape index (κ3) is 3.93. The van der Waals surface area contributed by atoms with Crippen LogP contribution < -0.4 is 10.5 Å². The van der Waals surface area contributed by atoms with E-state index in [1.807, 2.05) is 20.8 Å². The highest BCUT2D eigenvalue weighted by Crippen LogP contribution is 2.26. The highest BCUT2D eigenvalue weighted by Gasteiger charge is 2.36. The molecule has 0 aliphatic carbocycles. The van der Waals surface area contributed by atoms with Crippen LogP contribution in [0.15, 0.2) is 41.2 Å². The van der Waals surface area contributed by atoms with Gasteiger partial charge in [0.1, 0.15) is 5.82 Å². The van der Waals surface area contributed by atoms with Gasteiger partial charge in [0.25, 0.3) is 5.56 Å². The van der Waals surface area contributed by atoms with Crippen LogP contribution in [-0.2, 0) is 16.9 Å². The van der Waals surface area contributed by atoms with E-state index in [1.54, 1.807) is 36.2 Å². The molecule has 144 valence electrons. The number of anilines is 1. The van der Waals surface area contributed by atoms with E-state index in [0.29, 0.717) is 18.7 Å². The summed E-state index contributed by atoms with van der Waals surface area (Å²) in [6, 6.07) is 9.09. The fraction of sp³-hybridized carbons (Fsp3) is 0.450. The van der Waals surface area contributed by atoms with Gasteiger partial charge in [-0.1, -0.05) is 32.9 Å². The van der Waals surface area contributed by atoms with Crippen molar-refractivity contribution < 1.29 is 9.18 Å². The Morgan fingerprint density at radius 1 is 1.19 bits per heavy atom. The summed E-state index contributed by atoms with van der Waals surface area (Å²) in [5.41, 5.74) is 0.703. The molecule has 7 heteroatoms. The molecule has 1 saturated heterocycles. The largest absolute Gasteiger partial charge is 0.308 e. The number of amides is 1. The van der Waals surface area contributed by atoms with Crippen LogP contribution in [0.2, 0.25) is 0 Å². The van der Waals surface area contributed by atoms with Crippen molar-refractivity contribution in [3.05, 3.63) is 58.3 Å². The summed E-state index contributed by atoms with van der Waals surface area (Å²) in [4.78, 5) is 28.3. The first-order valence-electron chi connectivity index (χ1n) is 9.03. The topological polar surface area (TPSA) is 58.4 Å². The summed E-state index contributed by atoms with van der Waals surface area (Å²) in [7, 11) is 1.78. The average Bonchev–Trinajstić information content (AvgIpc) is 2.97. The van der Waals surface area contributed by atoms with Crippen LogP contribution in [0.3, 0.4) is 0 Å². The van der Waals surface area contributed by atoms with Gasteiger partial charge in [-0.2, -0.15) is 5.10 Å². The number of benzene rings is 1. The first-order chi connectivity index (χ1) is 12.7. The van der Waals surface area contributed by atoms with Crippen LogP contribution in [0.4, 0.5) is 10.1 Å². The van der Waals surface area contributed by atoms with Crippen molar-refractivity contribution in [1.82, 2.24) is 14.7 Å². The number of halogens is 1. The molecule has 0 radical (unpaired) electrons. The summed E-state index contributed by atoms with van der Waals surface area (Å²) in [6.07, 6.45) is 0.567. The number of nitrogens with zero attached hydrogens (tertiary/aromatic N) is 4. The molecule has 0 saturated carbocycles. The Labute approximate surface area is 158 Å². The third-order valence-electron chi connectivity index (χ3n) is 4.84. The predicted octanol–water partition coefficient (Wildman–Crippen LogP) is 2.37. The second-order valence-corrected chi connectivity index (χ2v) is 7.95. The van der Waals surface area contributed by atoms with Crippen LogP contribution in [-0.4, -0.2) is 40.2 Å². The number of hydrogen-bond acceptors (Lipinski definition) is 4. The molecule has 1 aromatic carbocycles. The Morgan fingerprint density at radius 3 is 2.56 bits per heavy atom. The predicted molar refractivity (Wildman–Crippen MR) is 102 cm³/mol. The first kappa shape index (κ1) is 19.2. The molecule has 1 amide bonds. The molecule has 0 bridgehead atoms. The van der Waals surface area contributed by atoms with Gasteiger partial charge in [-0.05, 0) is 31.7 Å². The van der Waals surface area contributed by atoms with Gasteiger partial charge in [-0.25, -0.2) is 9.07 Å². The van der Waals surface area contributed by atoms with Crippen molar-refractivity contribution >= 4 is 11.6 Å². The highest BCUT2D eigenvalue weighted by molar-refractivity contribution is 5.99. The van der Waals surface area contributed by atoms with E-state index in [-0.39, 0.29) is 23.6 Å². The summed E-state index contributed by atoms with van der Waals surface area (Å²) in [5, 5.41) is 4.45. The normalized spacial score (nSPS) is 17.8. The molecule has 1 aromatic heterocycles. The molecule has 1 aliphatic heterocycles. The van der Waals surface area contributed by atoms with Gasteiger partial charge >= 0.3 is 0 Å². The number of aromatic nitrogens is 2. The van der Waals surface area contributed by atoms with E-state index in [2.05, 4.69) is 5.10 Å². The number of hydrogen-bond donors (Lipinski definition) is 0. The van der Waals surface area contributed by atoms with Gasteiger partial charge in [-0.3, -0.25) is 14.5 Å². The molecule has 27 heavy (non-hydrogen) atoms. The van der Waals surface area contributed by atoms with Crippen LogP contribution in [0.25, 0.3) is 0 Å². The van der Waals surface area contributed by atoms with E-state index in [9.17, 15) is 14.0 Å². The minimum Gasteiger partial charge on any atom is -0.308 e. The standard InChI is InChI=1S/C20H25FN4O2/c1-20(2,3)17-9-10-18(26)25(22-17)13-23(4)16-11-12-24(19(16)27)15-8-6-5-7-14(15)21/h5-10,16H,11-13H2,1-4H3. The maximum atomic E-state index is 14.0. The van der Waals surface area contributed by atoms with Crippen molar-refractivity contribution in [2.45, 2.75) is 45.3 Å². The molecule has 0 spiro atoms. The van der Waals surface area contributed by atoms with E-state index >= 15 is 0 Å². The molecule has 2 aromatic rings. The Hall–Kier alpha value is -2.54. The van der Waals surface area contributed by atoms with Crippen LogP contribution in [0.5, 0.6) is 0 Å². The van der Waals surface area contributed by atoms with Gasteiger partial charge < -0.3 is 4.90 Å². The number of para-hydroxylation sites is 1. The van der Waals surface area contributed by atoms with Gasteiger partial charge in [0.05, 0.1) is 24.1 Å². The molecule has 3 rings (SSSR count). The Balaban J connectivity index is 1.78. The van der Waals surface area contributed by atoms with E-state index in [0.717, 1.165) is 5.69 Å². The lowest BCUT2D eigenvalue weighted by Crippen LogP contribution is -2.43. The van der Waals surface area contributed by atoms with Crippen molar-refractivity contribution in [2.24, 2.45) is 0 Å². The van der Waals surface area contributed by atoms with Crippen LogP contribution in [0, 0.1) is 5.82 Å². The van der Waals surface area contributed by atoms with Crippen LogP contribution >= 0.6 is 0 Å². The first-order valence-corrected chi connectivity index (χ1v) is 9.03. The zero-order chi connectivity index (χ0) is 19.8. The highest BCUT2D eigenvalue weighted by atomic mass is 19.1. The lowest BCUT2D eigenvalue weighted by atomic mass is 9.92. The van der Waals surface area contributed by atoms with E-state index < -0.39 is 11.9 Å². The second-order valence-electron chi connectivity index (χ2n) is 7.95. The number of carbonyl (C=O) groups excluding carboxylic acids is 1. The molecule has 1 aliphatic rings. The summed E-state index contributed by atoms with van der Waals surface area (Å²) in [6.45, 7) is 6.73. The SMILES string of the molecule is CN(Cn1nc(C(C)(C)C)ccc1=O)C1CCN(c2ccccc2F)C1=O. The fourth-order valence-electron chi connectivity index (χ4n) is 3.24. The number of carbonyl (C=O) groups is 1. The lowest BCUT2D eigenvalue weighted by molar-refractivity contribution is -0.121. The average molecular weight is 372 g/mol. The Kier molecular flexibility index (Phi) is 5.15. The number of likely N-dealkylation sites (N-methyl/N-ethyl adjacent to an activating group) is 1. The van der Waals surface area contributed by atoms with Crippen molar-refractivity contribution in [2.75, 3.05) is 18.5 Å². The van der Waals surface area contributed by atoms with Gasteiger partial charge in [-0.15, -0.1) is 0 Å². The minimum atomic E-state index is -0.420. The molecule has 1 atom stereocenters. The van der Waals surface area contributed by atoms with E-state index in [4.69, 9.17) is 0 Å². The fourth-order valence-corrected chi connectivity index (χ4v) is 3.24. The van der Waals surface area contributed by atoms with Crippen molar-refractivity contribution in [3.63, 3.8) is 0 Å². The minimum absolute atomic E-state index is 0.164. The maximum absolute atomic E-state index is 14.0. The molecule has 0 N–H and O–H groups in total. The Bertz CT molecular complexity index is 903. The quantitative estimate of drug-likeness (QED) is 0.827. The smallest absolute Gasteiger partial charge is 0.267 e. The Morgan fingerprint density at radius 2 is 1.89 bits per heavy atom. The number of rotatable bonds is 4. The molecule has 6 nitrogen and oxygen atoms in total. The molecule has 2 heterocycles. The van der Waals surface area contributed by atoms with Crippen molar-refractivity contribution in [3.8, 4) is 0 Å². The van der Waals surface area contributed by atoms with Crippen LogP contribution in [0.1, 0.15) is 32.9 Å². The maximum Gasteiger partial charge on any atom is 0.267 e. The van der Waals surface area contributed by atoms with Gasteiger partial charge in [0.2, 0.25) is 5.91 Å². The zero-order valence-corrected chi connectivity index (χ0v) is 16.1. The third-order valence-corrected chi connectivity index (χ3v) is 4.84. The lowest BCUT2D eigenvalue weighted by Gasteiger charge is -2.25. The summed E-state index contributed by atoms with van der Waals surface area (Å²) < 4.78 is 15.4. The molecular weight excluding hydrogens is 347 g/mol. The molecule has 1 fully saturated rings. The zero-order valence-electron chi connectivity index (χ0n) is 16.1. The summed E-state index contributed by atoms with van der Waals surface area (Å²) >= 11 is 0. The second kappa shape index (κ2) is 7.23. The van der Waals surface area contributed by atoms with Crippen molar-refractivity contribution in [1.29, 1.82) is 0 Å².